The maximum Gasteiger partial charge on any atom is 0.469 e. The Morgan fingerprint density at radius 1 is 1.16 bits per heavy atom. The molecule has 0 fully saturated rings. The van der Waals surface area contributed by atoms with E-state index in [2.05, 4.69) is 20.9 Å². The van der Waals surface area contributed by atoms with Crippen molar-refractivity contribution in [2.45, 2.75) is 13.0 Å². The number of nitrogens with one attached hydrogen (secondary N) is 1. The lowest BCUT2D eigenvalue weighted by atomic mass is 10.3. The van der Waals surface area contributed by atoms with Crippen molar-refractivity contribution in [2.75, 3.05) is 13.2 Å². The van der Waals surface area contributed by atoms with E-state index >= 15 is 0 Å². The monoisotopic (exact) mass is 319 g/mol. The van der Waals surface area contributed by atoms with Crippen LogP contribution >= 0.6 is 15.6 Å². The second kappa shape index (κ2) is 7.28. The molecule has 0 aliphatic rings. The number of hydrogen-bond donors (Lipinski definition) is 5. The number of hydrogen-bond acceptors (Lipinski definition) is 5. The highest BCUT2D eigenvalue weighted by Gasteiger charge is 2.23. The van der Waals surface area contributed by atoms with Crippen LogP contribution < -0.4 is 5.32 Å². The molecule has 112 valence electrons. The lowest BCUT2D eigenvalue weighted by molar-refractivity contribution is -0.118. The quantitative estimate of drug-likeness (QED) is 0.286. The van der Waals surface area contributed by atoms with Crippen molar-refractivity contribution in [3.8, 4) is 0 Å². The highest BCUT2D eigenvalue weighted by molar-refractivity contribution is 7.46. The van der Waals surface area contributed by atoms with Gasteiger partial charge >= 0.3 is 15.6 Å². The summed E-state index contributed by atoms with van der Waals surface area (Å²) in [5.41, 5.74) is 0.0948. The number of carbonyl (C=O) groups excluding carboxylic acids is 1. The highest BCUT2D eigenvalue weighted by atomic mass is 31.2. The smallest absolute Gasteiger partial charge is 0.345 e. The van der Waals surface area contributed by atoms with Crippen LogP contribution in [0.5, 0.6) is 0 Å². The molecule has 0 radical (unpaired) electrons. The Morgan fingerprint density at radius 3 is 1.79 bits per heavy atom. The van der Waals surface area contributed by atoms with E-state index in [9.17, 15) is 13.9 Å². The zero-order valence-electron chi connectivity index (χ0n) is 9.92. The minimum Gasteiger partial charge on any atom is -0.345 e. The van der Waals surface area contributed by atoms with Gasteiger partial charge in [0, 0.05) is 5.57 Å². The second-order valence-electron chi connectivity index (χ2n) is 3.52. The minimum atomic E-state index is -4.77. The van der Waals surface area contributed by atoms with Crippen LogP contribution in [-0.4, -0.2) is 44.7 Å². The van der Waals surface area contributed by atoms with Gasteiger partial charge in [0.25, 0.3) is 0 Å². The van der Waals surface area contributed by atoms with Crippen molar-refractivity contribution in [1.29, 1.82) is 0 Å². The normalized spacial score (nSPS) is 12.5. The van der Waals surface area contributed by atoms with E-state index in [0.717, 1.165) is 0 Å². The van der Waals surface area contributed by atoms with Gasteiger partial charge in [0.15, 0.2) is 0 Å². The van der Waals surface area contributed by atoms with Gasteiger partial charge in [0.1, 0.15) is 0 Å². The molecule has 0 aromatic rings. The summed E-state index contributed by atoms with van der Waals surface area (Å²) in [6.45, 7) is 3.32. The van der Waals surface area contributed by atoms with E-state index in [0.29, 0.717) is 0 Å². The van der Waals surface area contributed by atoms with Crippen molar-refractivity contribution in [2.24, 2.45) is 0 Å². The first-order chi connectivity index (χ1) is 8.41. The van der Waals surface area contributed by atoms with E-state index in [1.807, 2.05) is 0 Å². The van der Waals surface area contributed by atoms with Crippen LogP contribution in [0.15, 0.2) is 12.2 Å². The molecule has 19 heavy (non-hydrogen) atoms. The van der Waals surface area contributed by atoms with Crippen molar-refractivity contribution >= 4 is 21.6 Å². The molecule has 0 aromatic carbocycles. The molecule has 0 atom stereocenters. The summed E-state index contributed by atoms with van der Waals surface area (Å²) in [6, 6.07) is -1.16. The molecule has 0 saturated heterocycles. The number of phosphoric acid groups is 2. The standard InChI is InChI=1S/C7H15NO9P2/c1-5(2)7(9)8-6(3-16-18(10,11)12)4-17-19(13,14)15/h6H,1,3-4H2,2H3,(H,8,9)(H2,10,11,12)(H2,13,14,15). The van der Waals surface area contributed by atoms with Crippen LogP contribution in [0.4, 0.5) is 0 Å². The summed E-state index contributed by atoms with van der Waals surface area (Å²) in [6.07, 6.45) is 0. The average Bonchev–Trinajstić information content (AvgIpc) is 2.19. The molecule has 0 heterocycles. The van der Waals surface area contributed by atoms with E-state index in [-0.39, 0.29) is 5.57 Å². The molecule has 0 bridgehead atoms. The summed E-state index contributed by atoms with van der Waals surface area (Å²) in [7, 11) is -9.55. The summed E-state index contributed by atoms with van der Waals surface area (Å²) in [5.74, 6) is -0.673. The predicted octanol–water partition coefficient (Wildman–Crippen LogP) is -0.734. The Kier molecular flexibility index (Phi) is 7.06. The molecule has 10 nitrogen and oxygen atoms in total. The third kappa shape index (κ3) is 11.0. The van der Waals surface area contributed by atoms with Crippen LogP contribution in [0.3, 0.4) is 0 Å². The molecule has 0 unspecified atom stereocenters. The molecule has 0 spiro atoms. The average molecular weight is 319 g/mol. The first-order valence-electron chi connectivity index (χ1n) is 4.77. The molecule has 0 rings (SSSR count). The van der Waals surface area contributed by atoms with Gasteiger partial charge in [0.05, 0.1) is 19.3 Å². The number of amides is 1. The second-order valence-corrected chi connectivity index (χ2v) is 6.00. The van der Waals surface area contributed by atoms with Gasteiger partial charge in [-0.25, -0.2) is 9.13 Å². The van der Waals surface area contributed by atoms with E-state index in [1.165, 1.54) is 6.92 Å². The zero-order chi connectivity index (χ0) is 15.3. The summed E-state index contributed by atoms with van der Waals surface area (Å²) in [4.78, 5) is 45.3. The Bertz CT molecular complexity index is 398. The zero-order valence-corrected chi connectivity index (χ0v) is 11.7. The first kappa shape index (κ1) is 18.4. The Hall–Kier alpha value is -0.570. The summed E-state index contributed by atoms with van der Waals surface area (Å²) in [5, 5.41) is 2.19. The number of carbonyl (C=O) groups is 1. The van der Waals surface area contributed by atoms with Crippen LogP contribution in [0, 0.1) is 0 Å². The van der Waals surface area contributed by atoms with Gasteiger partial charge in [-0.15, -0.1) is 0 Å². The highest BCUT2D eigenvalue weighted by Crippen LogP contribution is 2.37. The summed E-state index contributed by atoms with van der Waals surface area (Å²) >= 11 is 0. The van der Waals surface area contributed by atoms with E-state index in [1.54, 1.807) is 0 Å². The number of phosphoric ester groups is 2. The number of rotatable bonds is 8. The van der Waals surface area contributed by atoms with Crippen LogP contribution in [-0.2, 0) is 23.0 Å². The Morgan fingerprint density at radius 2 is 1.53 bits per heavy atom. The van der Waals surface area contributed by atoms with Gasteiger partial charge in [-0.3, -0.25) is 13.8 Å². The van der Waals surface area contributed by atoms with E-state index < -0.39 is 40.8 Å². The predicted molar refractivity (Wildman–Crippen MR) is 62.7 cm³/mol. The molecule has 12 heteroatoms. The van der Waals surface area contributed by atoms with Crippen LogP contribution in [0.2, 0.25) is 0 Å². The molecule has 0 aliphatic heterocycles. The first-order valence-corrected chi connectivity index (χ1v) is 7.83. The van der Waals surface area contributed by atoms with Gasteiger partial charge in [0.2, 0.25) is 5.91 Å². The van der Waals surface area contributed by atoms with Crippen molar-refractivity contribution in [3.63, 3.8) is 0 Å². The minimum absolute atomic E-state index is 0.0948. The molecule has 1 amide bonds. The third-order valence-electron chi connectivity index (χ3n) is 1.61. The SMILES string of the molecule is C=C(C)C(=O)NC(COP(=O)(O)O)COP(=O)(O)O. The molecule has 0 aromatic heterocycles. The third-order valence-corrected chi connectivity index (χ3v) is 2.58. The van der Waals surface area contributed by atoms with E-state index in [4.69, 9.17) is 19.6 Å². The van der Waals surface area contributed by atoms with Crippen LogP contribution in [0.1, 0.15) is 6.92 Å². The largest absolute Gasteiger partial charge is 0.469 e. The van der Waals surface area contributed by atoms with Gasteiger partial charge in [-0.2, -0.15) is 0 Å². The van der Waals surface area contributed by atoms with Crippen molar-refractivity contribution in [1.82, 2.24) is 5.32 Å². The van der Waals surface area contributed by atoms with Crippen molar-refractivity contribution < 1.29 is 42.5 Å². The van der Waals surface area contributed by atoms with Crippen LogP contribution in [0.25, 0.3) is 0 Å². The lowest BCUT2D eigenvalue weighted by Gasteiger charge is -2.19. The van der Waals surface area contributed by atoms with Gasteiger partial charge in [-0.1, -0.05) is 6.58 Å². The Labute approximate surface area is 108 Å². The van der Waals surface area contributed by atoms with Crippen molar-refractivity contribution in [3.05, 3.63) is 12.2 Å². The Balaban J connectivity index is 4.55. The van der Waals surface area contributed by atoms with Gasteiger partial charge in [-0.05, 0) is 6.92 Å². The maximum atomic E-state index is 11.3. The molecule has 0 saturated carbocycles. The summed E-state index contributed by atoms with van der Waals surface area (Å²) < 4.78 is 29.3. The molecule has 5 N–H and O–H groups in total. The fourth-order valence-electron chi connectivity index (χ4n) is 0.814. The maximum absolute atomic E-state index is 11.3. The van der Waals surface area contributed by atoms with Gasteiger partial charge < -0.3 is 24.9 Å². The fourth-order valence-corrected chi connectivity index (χ4v) is 1.56. The molecular formula is C7H15NO9P2. The molecular weight excluding hydrogens is 304 g/mol. The topological polar surface area (TPSA) is 163 Å². The lowest BCUT2D eigenvalue weighted by Crippen LogP contribution is -2.41. The fraction of sp³-hybridized carbons (Fsp3) is 0.571. The molecule has 0 aliphatic carbocycles.